The number of nitrogens with zero attached hydrogens (tertiary/aromatic N) is 2. The van der Waals surface area contributed by atoms with E-state index in [1.807, 2.05) is 24.3 Å². The van der Waals surface area contributed by atoms with Gasteiger partial charge in [0.2, 0.25) is 0 Å². The summed E-state index contributed by atoms with van der Waals surface area (Å²) in [6, 6.07) is 7.90. The lowest BCUT2D eigenvalue weighted by Gasteiger charge is -2.11. The second kappa shape index (κ2) is 15.6. The lowest BCUT2D eigenvalue weighted by atomic mass is 10.2. The largest absolute Gasteiger partial charge is 0.493 e. The second-order valence-electron chi connectivity index (χ2n) is 7.16. The average molecular weight is 417 g/mol. The van der Waals surface area contributed by atoms with Crippen molar-refractivity contribution in [2.75, 3.05) is 40.1 Å². The first-order chi connectivity index (χ1) is 14.8. The van der Waals surface area contributed by atoms with Gasteiger partial charge in [-0.3, -0.25) is 0 Å². The third-order valence-corrected chi connectivity index (χ3v) is 4.56. The predicted octanol–water partition coefficient (Wildman–Crippen LogP) is 5.31. The monoisotopic (exact) mass is 416 g/mol. The predicted molar refractivity (Wildman–Crippen MR) is 119 cm³/mol. The minimum absolute atomic E-state index is 0.641. The van der Waals surface area contributed by atoms with Gasteiger partial charge in [-0.25, -0.2) is 9.97 Å². The third kappa shape index (κ3) is 9.55. The van der Waals surface area contributed by atoms with Gasteiger partial charge in [0.1, 0.15) is 5.75 Å². The van der Waals surface area contributed by atoms with Crippen LogP contribution in [0, 0.1) is 0 Å². The molecule has 0 amide bonds. The quantitative estimate of drug-likeness (QED) is 0.326. The van der Waals surface area contributed by atoms with Gasteiger partial charge in [0.05, 0.1) is 31.2 Å². The highest BCUT2D eigenvalue weighted by Gasteiger charge is 2.09. The Labute approximate surface area is 180 Å². The van der Waals surface area contributed by atoms with Crippen molar-refractivity contribution < 1.29 is 18.9 Å². The summed E-state index contributed by atoms with van der Waals surface area (Å²) in [6.45, 7) is 5.89. The van der Waals surface area contributed by atoms with Crippen molar-refractivity contribution >= 4 is 0 Å². The summed E-state index contributed by atoms with van der Waals surface area (Å²) in [5.74, 6) is 2.14. The Morgan fingerprint density at radius 2 is 1.40 bits per heavy atom. The topological polar surface area (TPSA) is 62.7 Å². The molecule has 0 saturated carbocycles. The molecule has 6 nitrogen and oxygen atoms in total. The first-order valence-electron chi connectivity index (χ1n) is 11.1. The molecule has 0 atom stereocenters. The van der Waals surface area contributed by atoms with Crippen molar-refractivity contribution in [3.05, 3.63) is 36.7 Å². The molecular formula is C24H36N2O4. The molecule has 0 unspecified atom stereocenters. The second-order valence-corrected chi connectivity index (χ2v) is 7.16. The van der Waals surface area contributed by atoms with Crippen molar-refractivity contribution in [3.8, 4) is 22.9 Å². The van der Waals surface area contributed by atoms with Crippen molar-refractivity contribution in [1.29, 1.82) is 0 Å². The van der Waals surface area contributed by atoms with E-state index in [0.29, 0.717) is 24.8 Å². The number of hydrogen-bond donors (Lipinski definition) is 0. The zero-order valence-electron chi connectivity index (χ0n) is 18.5. The summed E-state index contributed by atoms with van der Waals surface area (Å²) in [5.41, 5.74) is 0.900. The van der Waals surface area contributed by atoms with E-state index in [9.17, 15) is 0 Å². The molecule has 2 rings (SSSR count). The van der Waals surface area contributed by atoms with Crippen LogP contribution in [0.5, 0.6) is 11.5 Å². The Bertz CT molecular complexity index is 679. The van der Waals surface area contributed by atoms with Gasteiger partial charge in [-0.2, -0.15) is 0 Å². The number of ether oxygens (including phenoxy) is 4. The molecule has 0 radical (unpaired) electrons. The maximum Gasteiger partial charge on any atom is 0.163 e. The number of unbranched alkanes of at least 4 members (excludes halogenated alkanes) is 4. The van der Waals surface area contributed by atoms with Gasteiger partial charge < -0.3 is 18.9 Å². The molecule has 30 heavy (non-hydrogen) atoms. The number of benzene rings is 1. The highest BCUT2D eigenvalue weighted by Crippen LogP contribution is 2.27. The summed E-state index contributed by atoms with van der Waals surface area (Å²) in [5, 5.41) is 0. The van der Waals surface area contributed by atoms with Crippen LogP contribution in [-0.4, -0.2) is 50.1 Å². The normalized spacial score (nSPS) is 10.9. The molecular weight excluding hydrogens is 380 g/mol. The van der Waals surface area contributed by atoms with Crippen LogP contribution in [0.15, 0.2) is 36.7 Å². The van der Waals surface area contributed by atoms with Gasteiger partial charge in [-0.05, 0) is 50.7 Å². The average Bonchev–Trinajstić information content (AvgIpc) is 2.79. The first kappa shape index (κ1) is 24.1. The van der Waals surface area contributed by atoms with Crippen molar-refractivity contribution in [3.63, 3.8) is 0 Å². The molecule has 0 bridgehead atoms. The Morgan fingerprint density at radius 3 is 2.17 bits per heavy atom. The van der Waals surface area contributed by atoms with E-state index in [2.05, 4.69) is 16.9 Å². The summed E-state index contributed by atoms with van der Waals surface area (Å²) in [4.78, 5) is 8.94. The van der Waals surface area contributed by atoms with Gasteiger partial charge >= 0.3 is 0 Å². The Balaban J connectivity index is 1.76. The molecule has 0 aliphatic rings. The summed E-state index contributed by atoms with van der Waals surface area (Å²) in [6.07, 6.45) is 10.9. The standard InChI is InChI=1S/C24H36N2O4/c1-3-14-28-16-10-11-17-29-21-19-25-24(26-20-21)22-12-6-7-13-23(22)30-18-9-5-4-8-15-27-2/h6-7,12-13,19-20H,3-5,8-11,14-18H2,1-2H3. The maximum atomic E-state index is 5.99. The van der Waals surface area contributed by atoms with Crippen LogP contribution in [0.1, 0.15) is 51.9 Å². The Hall–Kier alpha value is -2.18. The van der Waals surface area contributed by atoms with Crippen molar-refractivity contribution in [2.45, 2.75) is 51.9 Å². The van der Waals surface area contributed by atoms with E-state index in [4.69, 9.17) is 18.9 Å². The summed E-state index contributed by atoms with van der Waals surface area (Å²) >= 11 is 0. The van der Waals surface area contributed by atoms with Crippen LogP contribution in [0.4, 0.5) is 0 Å². The third-order valence-electron chi connectivity index (χ3n) is 4.56. The van der Waals surface area contributed by atoms with Gasteiger partial charge in [-0.15, -0.1) is 0 Å². The maximum absolute atomic E-state index is 5.99. The minimum Gasteiger partial charge on any atom is -0.493 e. The molecule has 1 aromatic heterocycles. The fourth-order valence-corrected chi connectivity index (χ4v) is 2.93. The van der Waals surface area contributed by atoms with Crippen LogP contribution >= 0.6 is 0 Å². The van der Waals surface area contributed by atoms with E-state index >= 15 is 0 Å². The number of hydrogen-bond acceptors (Lipinski definition) is 6. The molecule has 2 aromatic rings. The Kier molecular flexibility index (Phi) is 12.6. The van der Waals surface area contributed by atoms with E-state index in [1.54, 1.807) is 19.5 Å². The van der Waals surface area contributed by atoms with Gasteiger partial charge in [0.15, 0.2) is 11.6 Å². The van der Waals surface area contributed by atoms with Gasteiger partial charge in [-0.1, -0.05) is 25.5 Å². The molecule has 0 fully saturated rings. The molecule has 0 aliphatic carbocycles. The molecule has 6 heteroatoms. The molecule has 0 aliphatic heterocycles. The number of rotatable bonds is 17. The smallest absolute Gasteiger partial charge is 0.163 e. The molecule has 166 valence electrons. The molecule has 0 spiro atoms. The van der Waals surface area contributed by atoms with Crippen molar-refractivity contribution in [2.24, 2.45) is 0 Å². The highest BCUT2D eigenvalue weighted by molar-refractivity contribution is 5.63. The minimum atomic E-state index is 0.641. The number of aromatic nitrogens is 2. The number of methoxy groups -OCH3 is 1. The number of para-hydroxylation sites is 1. The van der Waals surface area contributed by atoms with Crippen LogP contribution in [-0.2, 0) is 9.47 Å². The molecule has 1 heterocycles. The fourth-order valence-electron chi connectivity index (χ4n) is 2.93. The van der Waals surface area contributed by atoms with E-state index in [-0.39, 0.29) is 0 Å². The van der Waals surface area contributed by atoms with Crippen LogP contribution < -0.4 is 9.47 Å². The Morgan fingerprint density at radius 1 is 0.733 bits per heavy atom. The zero-order valence-corrected chi connectivity index (χ0v) is 18.5. The van der Waals surface area contributed by atoms with E-state index in [1.165, 1.54) is 0 Å². The van der Waals surface area contributed by atoms with Crippen LogP contribution in [0.2, 0.25) is 0 Å². The van der Waals surface area contributed by atoms with Crippen LogP contribution in [0.25, 0.3) is 11.4 Å². The lowest BCUT2D eigenvalue weighted by Crippen LogP contribution is -2.03. The zero-order chi connectivity index (χ0) is 21.3. The molecule has 0 N–H and O–H groups in total. The van der Waals surface area contributed by atoms with Gasteiger partial charge in [0.25, 0.3) is 0 Å². The first-order valence-corrected chi connectivity index (χ1v) is 11.1. The van der Waals surface area contributed by atoms with E-state index in [0.717, 1.165) is 76.1 Å². The van der Waals surface area contributed by atoms with Crippen LogP contribution in [0.3, 0.4) is 0 Å². The van der Waals surface area contributed by atoms with Gasteiger partial charge in [0, 0.05) is 26.9 Å². The lowest BCUT2D eigenvalue weighted by molar-refractivity contribution is 0.127. The van der Waals surface area contributed by atoms with E-state index < -0.39 is 0 Å². The molecule has 0 saturated heterocycles. The molecule has 1 aromatic carbocycles. The van der Waals surface area contributed by atoms with Crippen molar-refractivity contribution in [1.82, 2.24) is 9.97 Å². The fraction of sp³-hybridized carbons (Fsp3) is 0.583. The highest BCUT2D eigenvalue weighted by atomic mass is 16.5. The SMILES string of the molecule is CCCOCCCCOc1cnc(-c2ccccc2OCCCCCCOC)nc1. The summed E-state index contributed by atoms with van der Waals surface area (Å²) < 4.78 is 22.3. The summed E-state index contributed by atoms with van der Waals surface area (Å²) in [7, 11) is 1.74.